The molecule has 0 N–H and O–H groups in total. The van der Waals surface area contributed by atoms with E-state index in [-0.39, 0.29) is 122 Å². The highest BCUT2D eigenvalue weighted by atomic mass is 32.1. The third kappa shape index (κ3) is 12.1. The third-order valence-electron chi connectivity index (χ3n) is 24.0. The van der Waals surface area contributed by atoms with Crippen LogP contribution in [0.25, 0.3) is 268 Å². The van der Waals surface area contributed by atoms with Gasteiger partial charge in [-0.2, -0.15) is 0 Å². The smallest absolute Gasteiger partial charge is 0.0644 e. The van der Waals surface area contributed by atoms with Crippen molar-refractivity contribution in [1.29, 1.82) is 0 Å². The van der Waals surface area contributed by atoms with Crippen molar-refractivity contribution in [2.45, 2.75) is 0 Å². The quantitative estimate of drug-likeness (QED) is 0.140. The van der Waals surface area contributed by atoms with Crippen LogP contribution in [-0.4, -0.2) is 0 Å². The second kappa shape index (κ2) is 30.6. The summed E-state index contributed by atoms with van der Waals surface area (Å²) in [5.74, 6) is 0. The molecular formula is C126H76S3. The molecule has 0 radical (unpaired) electrons. The fourth-order valence-electron chi connectivity index (χ4n) is 18.7. The maximum atomic E-state index is 9.51. The van der Waals surface area contributed by atoms with Crippen LogP contribution < -0.4 is 0 Å². The van der Waals surface area contributed by atoms with Crippen LogP contribution in [0.1, 0.15) is 57.6 Å². The predicted molar refractivity (Wildman–Crippen MR) is 566 cm³/mol. The number of hydrogen-bond donors (Lipinski definition) is 0. The van der Waals surface area contributed by atoms with E-state index in [1.54, 1.807) is 34.8 Å². The van der Waals surface area contributed by atoms with E-state index in [9.17, 15) is 21.9 Å². The average molecular weight is 1730 g/mol. The molecule has 0 bridgehead atoms. The predicted octanol–water partition coefficient (Wildman–Crippen LogP) is 37.7. The Balaban J connectivity index is 0.000000127. The molecule has 0 unspecified atom stereocenters. The van der Waals surface area contributed by atoms with Gasteiger partial charge in [0.2, 0.25) is 0 Å². The standard InChI is InChI=1S/C44H26S.C42H26S.C40H24S/c1-3-15-29-27(12-1)14-11-23-32(29)41-34-19-7-9-21-36(34)42(37-22-10-8-20-35(37)41)38-26-40-44(33-18-6-5-17-31(33)38)43-30-16-4-2-13-28(30)24-25-39(43)45-40;1-2-10-28(11-3-1)41-33-14-6-8-16-35(33)42(36-17-9-7-15-34(36)41)29-20-18-27(19-21-29)32-22-23-39-37(25-32)38-24-30-12-4-5-13-31(30)26-40(38)43-39;1-2-13-26(14-3-1)37-30-18-8-10-20-32(30)38(33-21-11-9-19-31(33)37)34-24-36-40(29-17-7-6-16-28(29)34)39-27-15-5-4-12-25(27)22-23-35(39)41-36/h1-26H;1-26H;1-24H/i7D,8D,9D,10D,19D,20D,21D,22D;1D,2D,3D,4D,5D,6D,7D,8D,9D,10D,11D,12D,13D,14D,15D,16D,17D,18D,19D,20D,21D,22D,23D,24D,25D,26D;8D,9D,10D,11D,18D,19D,20D,21D. The van der Waals surface area contributed by atoms with Crippen molar-refractivity contribution in [3.8, 4) is 77.9 Å². The van der Waals surface area contributed by atoms with Gasteiger partial charge in [0.15, 0.2) is 0 Å². The molecule has 0 amide bonds. The maximum Gasteiger partial charge on any atom is 0.0644 e. The first kappa shape index (κ1) is 43.9. The lowest BCUT2D eigenvalue weighted by molar-refractivity contribution is 1.63. The zero-order chi connectivity index (χ0) is 121. The molecule has 3 heterocycles. The summed E-state index contributed by atoms with van der Waals surface area (Å²) in [6.45, 7) is 0. The molecule has 3 heteroatoms. The summed E-state index contributed by atoms with van der Waals surface area (Å²) >= 11 is 3.97. The molecule has 129 heavy (non-hydrogen) atoms. The van der Waals surface area contributed by atoms with E-state index in [0.717, 1.165) is 94.2 Å². The molecule has 0 spiro atoms. The van der Waals surface area contributed by atoms with E-state index in [2.05, 4.69) is 60.7 Å². The van der Waals surface area contributed by atoms with Crippen LogP contribution in [0.15, 0.2) is 460 Å². The van der Waals surface area contributed by atoms with Gasteiger partial charge < -0.3 is 0 Å². The second-order valence-electron chi connectivity index (χ2n) is 30.9. The van der Waals surface area contributed by atoms with E-state index in [1.165, 1.54) is 0 Å². The lowest BCUT2D eigenvalue weighted by Crippen LogP contribution is -1.92. The zero-order valence-electron chi connectivity index (χ0n) is 109. The van der Waals surface area contributed by atoms with Crippen LogP contribution in [-0.2, 0) is 0 Å². The van der Waals surface area contributed by atoms with Gasteiger partial charge in [0.05, 0.1) is 57.6 Å². The lowest BCUT2D eigenvalue weighted by Gasteiger charge is -2.20. The van der Waals surface area contributed by atoms with Gasteiger partial charge in [0.1, 0.15) is 0 Å². The normalized spacial score (nSPS) is 16.4. The Bertz CT molecular complexity index is 12000. The number of benzene rings is 25. The minimum atomic E-state index is -1.04. The third-order valence-corrected chi connectivity index (χ3v) is 27.3. The van der Waals surface area contributed by atoms with Gasteiger partial charge in [-0.25, -0.2) is 0 Å². The van der Waals surface area contributed by atoms with Gasteiger partial charge in [-0.05, 0) is 256 Å². The topological polar surface area (TPSA) is 0 Å². The summed E-state index contributed by atoms with van der Waals surface area (Å²) in [5.41, 5.74) is -0.379. The van der Waals surface area contributed by atoms with Crippen LogP contribution in [0, 0.1) is 0 Å². The first-order chi connectivity index (χ1) is 81.5. The van der Waals surface area contributed by atoms with Crippen molar-refractivity contribution >= 4 is 224 Å². The molecule has 0 aliphatic carbocycles. The number of thiophene rings is 3. The molecule has 0 nitrogen and oxygen atoms in total. The van der Waals surface area contributed by atoms with Gasteiger partial charge >= 0.3 is 0 Å². The molecule has 0 saturated heterocycles. The molecule has 0 aliphatic heterocycles. The molecule has 598 valence electrons. The molecule has 0 aliphatic rings. The fraction of sp³-hybridized carbons (Fsp3) is 0. The highest BCUT2D eigenvalue weighted by molar-refractivity contribution is 7.27. The van der Waals surface area contributed by atoms with E-state index < -0.39 is 260 Å². The molecule has 3 aromatic heterocycles. The Morgan fingerprint density at radius 2 is 0.473 bits per heavy atom. The Labute approximate surface area is 815 Å². The minimum Gasteiger partial charge on any atom is -0.135 e. The summed E-state index contributed by atoms with van der Waals surface area (Å²) in [6, 6.07) is 40.2. The summed E-state index contributed by atoms with van der Waals surface area (Å²) < 4.78 is 381. The van der Waals surface area contributed by atoms with Crippen LogP contribution >= 0.6 is 34.0 Å². The first-order valence-corrected chi connectivity index (χ1v) is 43.4. The van der Waals surface area contributed by atoms with Crippen molar-refractivity contribution < 1.29 is 57.6 Å². The Kier molecular flexibility index (Phi) is 10.4. The van der Waals surface area contributed by atoms with Crippen LogP contribution in [0.5, 0.6) is 0 Å². The van der Waals surface area contributed by atoms with Crippen molar-refractivity contribution in [1.82, 2.24) is 0 Å². The Morgan fingerprint density at radius 1 is 0.147 bits per heavy atom. The van der Waals surface area contributed by atoms with Crippen molar-refractivity contribution in [3.63, 3.8) is 0 Å². The summed E-state index contributed by atoms with van der Waals surface area (Å²) in [4.78, 5) is 0. The van der Waals surface area contributed by atoms with Gasteiger partial charge in [-0.15, -0.1) is 34.0 Å². The fourth-order valence-corrected chi connectivity index (χ4v) is 22.0. The maximum absolute atomic E-state index is 9.51. The summed E-state index contributed by atoms with van der Waals surface area (Å²) in [7, 11) is 0. The van der Waals surface area contributed by atoms with Crippen LogP contribution in [0.4, 0.5) is 0 Å². The highest BCUT2D eigenvalue weighted by Crippen LogP contribution is 2.54. The lowest BCUT2D eigenvalue weighted by atomic mass is 9.83. The van der Waals surface area contributed by atoms with E-state index in [1.807, 2.05) is 133 Å². The molecule has 0 atom stereocenters. The van der Waals surface area contributed by atoms with Gasteiger partial charge in [-0.1, -0.05) is 412 Å². The monoisotopic (exact) mass is 1730 g/mol. The SMILES string of the molecule is [2H]c1c([2H])c([2H])c(-c2c3c([2H])c([2H])c([2H])c([2H])c3c(-c3c([2H])c([2H])c(-c4c([2H])c([2H])c5sc6c([2H])c7c([2H])c([2H])c([2H])c([2H])c7c([2H])c6c5c4[2H])c([2H])c3[2H])c3c([2H])c([2H])c([2H])c([2H])c23)c([2H])c1[2H].[2H]c1c([2H])c([2H])c2c(-c3cc4sc5ccc6ccccc6c5c4c4ccccc34)c3c([2H])c([2H])c([2H])c([2H])c3c(-c3cccc4ccccc34)c2c1[2H].[2H]c1c([2H])c([2H])c2c(-c3cc4sc5ccc6ccccc6c5c4c4ccccc34)c3c([2H])c([2H])c([2H])c([2H])c3c(-c3ccccc3)c2c1[2H]. The van der Waals surface area contributed by atoms with Crippen LogP contribution in [0.3, 0.4) is 0 Å². The number of hydrogen-bond acceptors (Lipinski definition) is 3. The molecular weight excluding hydrogens is 1610 g/mol. The van der Waals surface area contributed by atoms with E-state index in [0.29, 0.717) is 55.8 Å². The van der Waals surface area contributed by atoms with Crippen molar-refractivity contribution in [2.24, 2.45) is 0 Å². The van der Waals surface area contributed by atoms with Crippen molar-refractivity contribution in [3.05, 3.63) is 460 Å². The summed E-state index contributed by atoms with van der Waals surface area (Å²) in [6.07, 6.45) is 0. The largest absolute Gasteiger partial charge is 0.135 e. The molecule has 28 rings (SSSR count). The Morgan fingerprint density at radius 3 is 0.946 bits per heavy atom. The minimum absolute atomic E-state index is 0.0825. The molecule has 25 aromatic carbocycles. The number of fused-ring (bicyclic) bond motifs is 25. The Hall–Kier alpha value is -15.7. The molecule has 0 fully saturated rings. The molecule has 28 aromatic rings. The van der Waals surface area contributed by atoms with E-state index >= 15 is 0 Å². The van der Waals surface area contributed by atoms with Crippen LogP contribution in [0.2, 0.25) is 0 Å². The van der Waals surface area contributed by atoms with Gasteiger partial charge in [0, 0.05) is 60.5 Å². The second-order valence-corrected chi connectivity index (χ2v) is 34.1. The zero-order valence-corrected chi connectivity index (χ0v) is 69.3. The van der Waals surface area contributed by atoms with Crippen molar-refractivity contribution in [2.75, 3.05) is 0 Å². The van der Waals surface area contributed by atoms with E-state index in [4.69, 9.17) is 35.6 Å². The van der Waals surface area contributed by atoms with Gasteiger partial charge in [0.25, 0.3) is 0 Å². The summed E-state index contributed by atoms with van der Waals surface area (Å²) in [5, 5.41) is 12.0. The molecule has 0 saturated carbocycles. The van der Waals surface area contributed by atoms with Gasteiger partial charge in [-0.3, -0.25) is 0 Å². The highest BCUT2D eigenvalue weighted by Gasteiger charge is 2.26. The average Bonchev–Trinajstić information content (AvgIpc) is 1.31. The number of rotatable bonds is 7. The first-order valence-electron chi connectivity index (χ1n) is 62.0.